The number of para-hydroxylation sites is 1. The highest BCUT2D eigenvalue weighted by Gasteiger charge is 2.31. The zero-order chi connectivity index (χ0) is 27.9. The molecule has 2 heterocycles. The van der Waals surface area contributed by atoms with E-state index in [0.717, 1.165) is 38.0 Å². The van der Waals surface area contributed by atoms with Crippen LogP contribution in [0.5, 0.6) is 0 Å². The quantitative estimate of drug-likeness (QED) is 0.288. The fourth-order valence-corrected chi connectivity index (χ4v) is 5.32. The largest absolute Gasteiger partial charge is 0.348 e. The minimum atomic E-state index is -0.495. The molecule has 0 radical (unpaired) electrons. The zero-order valence-electron chi connectivity index (χ0n) is 22.8. The van der Waals surface area contributed by atoms with Crippen molar-refractivity contribution >= 4 is 28.4 Å². The molecule has 1 aromatic heterocycles. The normalized spacial score (nSPS) is 14.7. The van der Waals surface area contributed by atoms with Crippen LogP contribution in [0.4, 0.5) is 0 Å². The van der Waals surface area contributed by atoms with Gasteiger partial charge in [-0.05, 0) is 43.5 Å². The number of piperidine rings is 1. The molecule has 1 fully saturated rings. The number of nitrogens with one attached hydrogen (secondary N) is 2. The van der Waals surface area contributed by atoms with Crippen molar-refractivity contribution in [3.05, 3.63) is 109 Å². The van der Waals surface area contributed by atoms with Crippen molar-refractivity contribution < 1.29 is 9.59 Å². The Morgan fingerprint density at radius 3 is 2.38 bits per heavy atom. The lowest BCUT2D eigenvalue weighted by atomic mass is 10.0. The van der Waals surface area contributed by atoms with E-state index in [0.29, 0.717) is 28.9 Å². The van der Waals surface area contributed by atoms with Crippen LogP contribution in [-0.2, 0) is 18.4 Å². The average molecular weight is 524 g/mol. The molecule has 1 aliphatic heterocycles. The monoisotopic (exact) mass is 523 g/mol. The van der Waals surface area contributed by atoms with E-state index in [2.05, 4.69) is 47.6 Å². The molecular formula is C32H37N5O2. The Hall–Kier alpha value is -4.23. The van der Waals surface area contributed by atoms with E-state index >= 15 is 0 Å². The number of nitrogens with zero attached hydrogens (tertiary/aromatic N) is 3. The smallest absolute Gasteiger partial charge is 0.276 e. The second kappa shape index (κ2) is 12.5. The van der Waals surface area contributed by atoms with Crippen LogP contribution in [-0.4, -0.2) is 57.6 Å². The zero-order valence-corrected chi connectivity index (χ0v) is 22.8. The summed E-state index contributed by atoms with van der Waals surface area (Å²) in [5, 5.41) is 12.9. The van der Waals surface area contributed by atoms with Crippen LogP contribution in [0.1, 0.15) is 41.4 Å². The van der Waals surface area contributed by atoms with E-state index in [4.69, 9.17) is 5.41 Å². The van der Waals surface area contributed by atoms with Gasteiger partial charge in [-0.3, -0.25) is 19.9 Å². The number of rotatable bonds is 10. The molecular weight excluding hydrogens is 486 g/mol. The Labute approximate surface area is 230 Å². The third-order valence-electron chi connectivity index (χ3n) is 7.33. The summed E-state index contributed by atoms with van der Waals surface area (Å²) in [6, 6.07) is 17.9. The maximum absolute atomic E-state index is 13.7. The third kappa shape index (κ3) is 5.94. The second-order valence-electron chi connectivity index (χ2n) is 9.77. The van der Waals surface area contributed by atoms with E-state index in [1.54, 1.807) is 22.8 Å². The van der Waals surface area contributed by atoms with Crippen molar-refractivity contribution in [3.63, 3.8) is 0 Å². The van der Waals surface area contributed by atoms with Crippen LogP contribution < -0.4 is 5.32 Å². The van der Waals surface area contributed by atoms with E-state index < -0.39 is 5.91 Å². The van der Waals surface area contributed by atoms with Crippen molar-refractivity contribution in [2.45, 2.75) is 32.4 Å². The summed E-state index contributed by atoms with van der Waals surface area (Å²) in [4.78, 5) is 31.2. The van der Waals surface area contributed by atoms with Gasteiger partial charge in [0.05, 0.1) is 0 Å². The van der Waals surface area contributed by atoms with Crippen LogP contribution in [0.15, 0.2) is 91.7 Å². The summed E-state index contributed by atoms with van der Waals surface area (Å²) in [6.07, 6.45) is 6.51. The Bertz CT molecular complexity index is 1410. The minimum Gasteiger partial charge on any atom is -0.348 e. The number of aromatic nitrogens is 1. The highest BCUT2D eigenvalue weighted by Crippen LogP contribution is 2.27. The van der Waals surface area contributed by atoms with E-state index in [1.807, 2.05) is 44.3 Å². The summed E-state index contributed by atoms with van der Waals surface area (Å²) in [5.41, 5.74) is 3.07. The molecule has 0 bridgehead atoms. The number of likely N-dealkylation sites (N-methyl/N-ethyl adjacent to an activating group) is 1. The highest BCUT2D eigenvalue weighted by molar-refractivity contribution is 6.47. The summed E-state index contributed by atoms with van der Waals surface area (Å²) in [7, 11) is 1.81. The summed E-state index contributed by atoms with van der Waals surface area (Å²) >= 11 is 0. The maximum atomic E-state index is 13.7. The number of aryl methyl sites for hydroxylation is 1. The van der Waals surface area contributed by atoms with Gasteiger partial charge in [0.15, 0.2) is 0 Å². The van der Waals surface area contributed by atoms with Gasteiger partial charge in [0.1, 0.15) is 11.4 Å². The van der Waals surface area contributed by atoms with Crippen molar-refractivity contribution in [2.75, 3.05) is 19.6 Å². The van der Waals surface area contributed by atoms with Crippen molar-refractivity contribution in [1.82, 2.24) is 19.7 Å². The number of likely N-dealkylation sites (tertiary alicyclic amines) is 1. The van der Waals surface area contributed by atoms with E-state index in [1.165, 1.54) is 10.5 Å². The third-order valence-corrected chi connectivity index (χ3v) is 7.33. The number of carbonyl (C=O) groups is 2. The predicted molar refractivity (Wildman–Crippen MR) is 158 cm³/mol. The van der Waals surface area contributed by atoms with Crippen LogP contribution in [0.2, 0.25) is 0 Å². The molecule has 0 unspecified atom stereocenters. The molecule has 2 amide bonds. The van der Waals surface area contributed by atoms with Crippen LogP contribution in [0, 0.1) is 5.41 Å². The molecule has 1 saturated heterocycles. The molecule has 3 aromatic rings. The van der Waals surface area contributed by atoms with Crippen molar-refractivity contribution in [2.24, 2.45) is 7.05 Å². The molecule has 0 aliphatic carbocycles. The van der Waals surface area contributed by atoms with Gasteiger partial charge in [0.2, 0.25) is 0 Å². The number of hydrogen-bond acceptors (Lipinski definition) is 4. The first-order chi connectivity index (χ1) is 18.9. The Morgan fingerprint density at radius 1 is 1.08 bits per heavy atom. The van der Waals surface area contributed by atoms with Gasteiger partial charge in [0, 0.05) is 61.4 Å². The van der Waals surface area contributed by atoms with Crippen LogP contribution in [0.25, 0.3) is 10.9 Å². The summed E-state index contributed by atoms with van der Waals surface area (Å²) < 4.78 is 1.79. The number of hydrogen-bond donors (Lipinski definition) is 2. The first kappa shape index (κ1) is 27.8. The lowest BCUT2D eigenvalue weighted by molar-refractivity contribution is -0.122. The molecule has 7 heteroatoms. The van der Waals surface area contributed by atoms with E-state index in [9.17, 15) is 9.59 Å². The van der Waals surface area contributed by atoms with Gasteiger partial charge in [-0.1, -0.05) is 67.8 Å². The van der Waals surface area contributed by atoms with Gasteiger partial charge in [-0.25, -0.2) is 0 Å². The molecule has 0 saturated carbocycles. The van der Waals surface area contributed by atoms with Gasteiger partial charge < -0.3 is 14.8 Å². The first-order valence-electron chi connectivity index (χ1n) is 13.4. The fraction of sp³-hybridized carbons (Fsp3) is 0.281. The lowest BCUT2D eigenvalue weighted by Gasteiger charge is -2.32. The maximum Gasteiger partial charge on any atom is 0.276 e. The standard InChI is InChI=1S/C32H37N5O2/c1-5-13-25(6-2)37(7-3)32(39)29(33)28-26-16-11-12-17-27(26)35(4)30(28)31(38)34-24-18-20-36(21-19-24)22-23-14-9-8-10-15-23/h5-6,8-17,24,33H,1-2,7,18-22H2,3-4H3,(H,34,38)/b25-13+,33-29?. The SMILES string of the molecule is C=C/C=C(\C=C)N(CC)C(=O)C(=N)c1c(C(=O)NC2CCN(Cc3ccccc3)CC2)n(C)c2ccccc12. The Balaban J connectivity index is 1.57. The van der Waals surface area contributed by atoms with Crippen LogP contribution >= 0.6 is 0 Å². The molecule has 39 heavy (non-hydrogen) atoms. The average Bonchev–Trinajstić information content (AvgIpc) is 3.26. The van der Waals surface area contributed by atoms with Crippen molar-refractivity contribution in [3.8, 4) is 0 Å². The lowest BCUT2D eigenvalue weighted by Crippen LogP contribution is -2.45. The van der Waals surface area contributed by atoms with Crippen LogP contribution in [0.3, 0.4) is 0 Å². The molecule has 0 atom stereocenters. The first-order valence-corrected chi connectivity index (χ1v) is 13.4. The highest BCUT2D eigenvalue weighted by atomic mass is 16.2. The van der Waals surface area contributed by atoms with E-state index in [-0.39, 0.29) is 17.7 Å². The molecule has 202 valence electrons. The fourth-order valence-electron chi connectivity index (χ4n) is 5.32. The Kier molecular flexibility index (Phi) is 8.94. The molecule has 2 aromatic carbocycles. The number of fused-ring (bicyclic) bond motifs is 1. The molecule has 7 nitrogen and oxygen atoms in total. The molecule has 2 N–H and O–H groups in total. The topological polar surface area (TPSA) is 81.4 Å². The molecule has 0 spiro atoms. The number of amides is 2. The Morgan fingerprint density at radius 2 is 1.74 bits per heavy atom. The number of carbonyl (C=O) groups excluding carboxylic acids is 2. The van der Waals surface area contributed by atoms with Crippen molar-refractivity contribution in [1.29, 1.82) is 5.41 Å². The minimum absolute atomic E-state index is 0.0234. The predicted octanol–water partition coefficient (Wildman–Crippen LogP) is 5.04. The number of benzene rings is 2. The molecule has 4 rings (SSSR count). The number of allylic oxidation sites excluding steroid dienone is 3. The summed E-state index contributed by atoms with van der Waals surface area (Å²) in [6.45, 7) is 12.4. The molecule has 1 aliphatic rings. The van der Waals surface area contributed by atoms with Gasteiger partial charge in [-0.2, -0.15) is 0 Å². The van der Waals surface area contributed by atoms with Gasteiger partial charge >= 0.3 is 0 Å². The second-order valence-corrected chi connectivity index (χ2v) is 9.77. The van der Waals surface area contributed by atoms with Gasteiger partial charge in [-0.15, -0.1) is 0 Å². The summed E-state index contributed by atoms with van der Waals surface area (Å²) in [5.74, 6) is -0.762. The van der Waals surface area contributed by atoms with Gasteiger partial charge in [0.25, 0.3) is 11.8 Å².